The van der Waals surface area contributed by atoms with Gasteiger partial charge in [-0.2, -0.15) is 5.10 Å². The van der Waals surface area contributed by atoms with Crippen LogP contribution in [-0.2, 0) is 6.61 Å². The van der Waals surface area contributed by atoms with Gasteiger partial charge in [-0.15, -0.1) is 0 Å². The maximum atomic E-state index is 6.56. The van der Waals surface area contributed by atoms with Crippen LogP contribution in [-0.4, -0.2) is 24.4 Å². The average Bonchev–Trinajstić information content (AvgIpc) is 3.46. The third-order valence-electron chi connectivity index (χ3n) is 7.36. The molecule has 0 radical (unpaired) electrons. The Bertz CT molecular complexity index is 1470. The summed E-state index contributed by atoms with van der Waals surface area (Å²) in [6, 6.07) is 32.7. The van der Waals surface area contributed by atoms with Crippen LogP contribution < -0.4 is 18.9 Å². The summed E-state index contributed by atoms with van der Waals surface area (Å²) in [5.41, 5.74) is 5.32. The third-order valence-corrected chi connectivity index (χ3v) is 7.36. The van der Waals surface area contributed by atoms with Crippen LogP contribution in [0.1, 0.15) is 60.7 Å². The summed E-state index contributed by atoms with van der Waals surface area (Å²) < 4.78 is 24.3. The molecule has 2 aliphatic rings. The molecule has 0 saturated carbocycles. The largest absolute Gasteiger partial charge is 0.494 e. The first-order chi connectivity index (χ1) is 19.7. The standard InChI is InChI=1S/C34H34N2O4/c1-3-4-20-38-27-17-14-25(15-18-27)29-22-30-28-12-8-9-13-31(28)40-34(36(30)35-29)26-16-19-32(33(21-26)37-2)39-23-24-10-6-5-7-11-24/h5-19,21,30,34H,3-4,20,22-23H2,1-2H3. The minimum absolute atomic E-state index is 0.0745. The Kier molecular flexibility index (Phi) is 7.58. The molecule has 2 unspecified atom stereocenters. The highest BCUT2D eigenvalue weighted by atomic mass is 16.5. The van der Waals surface area contributed by atoms with Crippen molar-refractivity contribution in [1.29, 1.82) is 0 Å². The van der Waals surface area contributed by atoms with Gasteiger partial charge >= 0.3 is 0 Å². The lowest BCUT2D eigenvalue weighted by Crippen LogP contribution is -2.33. The molecule has 0 saturated heterocycles. The van der Waals surface area contributed by atoms with Gasteiger partial charge in [-0.05, 0) is 66.1 Å². The van der Waals surface area contributed by atoms with Crippen molar-refractivity contribution >= 4 is 5.71 Å². The Morgan fingerprint density at radius 1 is 0.875 bits per heavy atom. The molecule has 0 aromatic heterocycles. The zero-order valence-corrected chi connectivity index (χ0v) is 23.0. The van der Waals surface area contributed by atoms with Crippen molar-refractivity contribution in [2.75, 3.05) is 13.7 Å². The molecule has 204 valence electrons. The van der Waals surface area contributed by atoms with E-state index in [9.17, 15) is 0 Å². The Morgan fingerprint density at radius 2 is 1.68 bits per heavy atom. The molecule has 0 N–H and O–H groups in total. The van der Waals surface area contributed by atoms with E-state index in [0.29, 0.717) is 18.1 Å². The summed E-state index contributed by atoms with van der Waals surface area (Å²) in [6.45, 7) is 3.37. The SMILES string of the molecule is CCCCOc1ccc(C2=NN3C(C2)c2ccccc2OC3c2ccc(OCc3ccccc3)c(OC)c2)cc1. The van der Waals surface area contributed by atoms with Gasteiger partial charge in [0.05, 0.1) is 25.5 Å². The number of rotatable bonds is 10. The molecule has 0 amide bonds. The van der Waals surface area contributed by atoms with Crippen LogP contribution in [0.4, 0.5) is 0 Å². The second-order valence-electron chi connectivity index (χ2n) is 10.1. The topological polar surface area (TPSA) is 52.5 Å². The van der Waals surface area contributed by atoms with E-state index in [2.05, 4.69) is 36.2 Å². The zero-order chi connectivity index (χ0) is 27.3. The second kappa shape index (κ2) is 11.7. The van der Waals surface area contributed by atoms with Crippen molar-refractivity contribution in [1.82, 2.24) is 5.01 Å². The van der Waals surface area contributed by atoms with Crippen molar-refractivity contribution in [3.05, 3.63) is 119 Å². The van der Waals surface area contributed by atoms with Gasteiger partial charge in [0, 0.05) is 17.5 Å². The number of benzene rings is 4. The first-order valence-electron chi connectivity index (χ1n) is 13.9. The van der Waals surface area contributed by atoms with E-state index in [1.54, 1.807) is 7.11 Å². The van der Waals surface area contributed by atoms with Crippen molar-refractivity contribution in [3.8, 4) is 23.0 Å². The maximum absolute atomic E-state index is 6.56. The summed E-state index contributed by atoms with van der Waals surface area (Å²) in [4.78, 5) is 0. The third kappa shape index (κ3) is 5.34. The van der Waals surface area contributed by atoms with Crippen molar-refractivity contribution in [2.24, 2.45) is 5.10 Å². The highest BCUT2D eigenvalue weighted by Crippen LogP contribution is 2.48. The van der Waals surface area contributed by atoms with Crippen LogP contribution >= 0.6 is 0 Å². The van der Waals surface area contributed by atoms with Crippen molar-refractivity contribution in [3.63, 3.8) is 0 Å². The van der Waals surface area contributed by atoms with E-state index in [0.717, 1.165) is 65.3 Å². The molecular formula is C34H34N2O4. The molecule has 0 aliphatic carbocycles. The fourth-order valence-corrected chi connectivity index (χ4v) is 5.20. The summed E-state index contributed by atoms with van der Waals surface area (Å²) >= 11 is 0. The molecule has 0 spiro atoms. The molecule has 2 heterocycles. The van der Waals surface area contributed by atoms with Crippen molar-refractivity contribution in [2.45, 2.75) is 45.1 Å². The summed E-state index contributed by atoms with van der Waals surface area (Å²) in [5.74, 6) is 3.12. The number of para-hydroxylation sites is 1. The van der Waals surface area contributed by atoms with E-state index < -0.39 is 6.23 Å². The molecule has 6 heteroatoms. The fourth-order valence-electron chi connectivity index (χ4n) is 5.20. The monoisotopic (exact) mass is 534 g/mol. The number of nitrogens with zero attached hydrogens (tertiary/aromatic N) is 2. The van der Waals surface area contributed by atoms with Gasteiger partial charge in [0.2, 0.25) is 6.23 Å². The van der Waals surface area contributed by atoms with Crippen LogP contribution in [0.2, 0.25) is 0 Å². The molecule has 0 bridgehead atoms. The minimum atomic E-state index is -0.397. The molecule has 4 aromatic carbocycles. The lowest BCUT2D eigenvalue weighted by molar-refractivity contribution is -0.0191. The number of methoxy groups -OCH3 is 1. The Labute approximate surface area is 235 Å². The first kappa shape index (κ1) is 25.8. The molecule has 2 aliphatic heterocycles. The van der Waals surface area contributed by atoms with Gasteiger partial charge < -0.3 is 18.9 Å². The van der Waals surface area contributed by atoms with Gasteiger partial charge in [-0.25, -0.2) is 5.01 Å². The van der Waals surface area contributed by atoms with Crippen LogP contribution in [0.25, 0.3) is 0 Å². The Morgan fingerprint density at radius 3 is 2.48 bits per heavy atom. The number of fused-ring (bicyclic) bond motifs is 3. The van der Waals surface area contributed by atoms with Gasteiger partial charge in [0.25, 0.3) is 0 Å². The highest BCUT2D eigenvalue weighted by molar-refractivity contribution is 6.02. The summed E-state index contributed by atoms with van der Waals surface area (Å²) in [6.07, 6.45) is 2.57. The Balaban J connectivity index is 1.27. The molecule has 4 aromatic rings. The summed E-state index contributed by atoms with van der Waals surface area (Å²) in [5, 5.41) is 7.19. The number of unbranched alkanes of at least 4 members (excludes halogenated alkanes) is 1. The van der Waals surface area contributed by atoms with Gasteiger partial charge in [0.1, 0.15) is 18.1 Å². The van der Waals surface area contributed by atoms with E-state index in [-0.39, 0.29) is 6.04 Å². The van der Waals surface area contributed by atoms with Gasteiger partial charge in [-0.1, -0.05) is 61.9 Å². The van der Waals surface area contributed by atoms with Gasteiger partial charge in [0.15, 0.2) is 11.5 Å². The minimum Gasteiger partial charge on any atom is -0.494 e. The quantitative estimate of drug-likeness (QED) is 0.195. The van der Waals surface area contributed by atoms with Crippen molar-refractivity contribution < 1.29 is 18.9 Å². The normalized spacial score (nSPS) is 17.4. The molecular weight excluding hydrogens is 500 g/mol. The molecule has 0 fully saturated rings. The number of hydrogen-bond donors (Lipinski definition) is 0. The molecule has 40 heavy (non-hydrogen) atoms. The fraction of sp³-hybridized carbons (Fsp3) is 0.265. The number of ether oxygens (including phenoxy) is 4. The van der Waals surface area contributed by atoms with Crippen LogP contribution in [0.15, 0.2) is 102 Å². The predicted molar refractivity (Wildman–Crippen MR) is 156 cm³/mol. The van der Waals surface area contributed by atoms with Crippen LogP contribution in [0, 0.1) is 0 Å². The van der Waals surface area contributed by atoms with E-state index >= 15 is 0 Å². The average molecular weight is 535 g/mol. The van der Waals surface area contributed by atoms with E-state index in [1.165, 1.54) is 0 Å². The highest BCUT2D eigenvalue weighted by Gasteiger charge is 2.41. The number of hydrazone groups is 1. The molecule has 6 rings (SSSR count). The van der Waals surface area contributed by atoms with E-state index in [4.69, 9.17) is 24.0 Å². The zero-order valence-electron chi connectivity index (χ0n) is 23.0. The van der Waals surface area contributed by atoms with Crippen LogP contribution in [0.5, 0.6) is 23.0 Å². The lowest BCUT2D eigenvalue weighted by Gasteiger charge is -2.38. The van der Waals surface area contributed by atoms with Crippen LogP contribution in [0.3, 0.4) is 0 Å². The lowest BCUT2D eigenvalue weighted by atomic mass is 9.96. The molecule has 2 atom stereocenters. The Hall–Kier alpha value is -4.45. The molecule has 6 nitrogen and oxygen atoms in total. The number of hydrogen-bond acceptors (Lipinski definition) is 6. The predicted octanol–water partition coefficient (Wildman–Crippen LogP) is 7.70. The second-order valence-corrected chi connectivity index (χ2v) is 10.1. The first-order valence-corrected chi connectivity index (χ1v) is 13.9. The van der Waals surface area contributed by atoms with E-state index in [1.807, 2.05) is 72.8 Å². The van der Waals surface area contributed by atoms with Gasteiger partial charge in [-0.3, -0.25) is 0 Å². The summed E-state index contributed by atoms with van der Waals surface area (Å²) in [7, 11) is 1.66. The smallest absolute Gasteiger partial charge is 0.214 e. The maximum Gasteiger partial charge on any atom is 0.214 e.